The van der Waals surface area contributed by atoms with Crippen molar-refractivity contribution in [3.8, 4) is 5.75 Å². The highest BCUT2D eigenvalue weighted by atomic mass is 35.5. The molecule has 1 amide bonds. The third-order valence-electron chi connectivity index (χ3n) is 4.92. The number of carbonyl (C=O) groups is 1. The molecule has 1 spiro atoms. The van der Waals surface area contributed by atoms with Gasteiger partial charge in [0.05, 0.1) is 13.7 Å². The molecular formula is C17H26ClN3O2. The van der Waals surface area contributed by atoms with Crippen molar-refractivity contribution in [2.24, 2.45) is 5.41 Å². The molecule has 2 aliphatic rings. The maximum atomic E-state index is 12.2. The number of piperidine rings is 1. The summed E-state index contributed by atoms with van der Waals surface area (Å²) in [5.41, 5.74) is 1.27. The Labute approximate surface area is 144 Å². The maximum absolute atomic E-state index is 12.2. The van der Waals surface area contributed by atoms with E-state index in [0.29, 0.717) is 12.0 Å². The monoisotopic (exact) mass is 339 g/mol. The Morgan fingerprint density at radius 2 is 1.96 bits per heavy atom. The number of hydrogen-bond donors (Lipinski definition) is 2. The zero-order valence-electron chi connectivity index (χ0n) is 13.6. The van der Waals surface area contributed by atoms with Crippen LogP contribution in [0.3, 0.4) is 0 Å². The SMILES string of the molecule is COc1ccc(NC(=O)CN2CCC3(CCNCC3)C2)cc1.Cl. The summed E-state index contributed by atoms with van der Waals surface area (Å²) in [4.78, 5) is 14.5. The van der Waals surface area contributed by atoms with E-state index in [2.05, 4.69) is 15.5 Å². The summed E-state index contributed by atoms with van der Waals surface area (Å²) in [5.74, 6) is 0.863. The first-order valence-electron chi connectivity index (χ1n) is 8.06. The molecule has 2 saturated heterocycles. The molecule has 1 aromatic rings. The van der Waals surface area contributed by atoms with Crippen LogP contribution in [0.1, 0.15) is 19.3 Å². The summed E-state index contributed by atoms with van der Waals surface area (Å²) in [7, 11) is 1.64. The zero-order chi connectivity index (χ0) is 15.4. The van der Waals surface area contributed by atoms with E-state index < -0.39 is 0 Å². The lowest BCUT2D eigenvalue weighted by molar-refractivity contribution is -0.117. The topological polar surface area (TPSA) is 53.6 Å². The fourth-order valence-corrected chi connectivity index (χ4v) is 3.61. The predicted octanol–water partition coefficient (Wildman–Crippen LogP) is 2.13. The number of ether oxygens (including phenoxy) is 1. The van der Waals surface area contributed by atoms with Gasteiger partial charge in [0.1, 0.15) is 5.75 Å². The van der Waals surface area contributed by atoms with Gasteiger partial charge in [-0.15, -0.1) is 12.4 Å². The first-order valence-corrected chi connectivity index (χ1v) is 8.06. The molecule has 2 fully saturated rings. The van der Waals surface area contributed by atoms with Crippen molar-refractivity contribution >= 4 is 24.0 Å². The van der Waals surface area contributed by atoms with Crippen LogP contribution >= 0.6 is 12.4 Å². The maximum Gasteiger partial charge on any atom is 0.238 e. The number of nitrogens with zero attached hydrogens (tertiary/aromatic N) is 1. The Hall–Kier alpha value is -1.30. The summed E-state index contributed by atoms with van der Waals surface area (Å²) in [6.07, 6.45) is 3.71. The minimum absolute atomic E-state index is 0. The van der Waals surface area contributed by atoms with E-state index in [1.165, 1.54) is 19.3 Å². The highest BCUT2D eigenvalue weighted by molar-refractivity contribution is 5.92. The van der Waals surface area contributed by atoms with Gasteiger partial charge in [-0.25, -0.2) is 0 Å². The Morgan fingerprint density at radius 1 is 1.26 bits per heavy atom. The number of halogens is 1. The minimum atomic E-state index is 0. The van der Waals surface area contributed by atoms with E-state index in [1.54, 1.807) is 7.11 Å². The van der Waals surface area contributed by atoms with Gasteiger partial charge in [-0.1, -0.05) is 0 Å². The number of rotatable bonds is 4. The number of benzene rings is 1. The molecule has 1 aromatic carbocycles. The van der Waals surface area contributed by atoms with Crippen LogP contribution in [0.2, 0.25) is 0 Å². The van der Waals surface area contributed by atoms with Gasteiger partial charge in [0.25, 0.3) is 0 Å². The average molecular weight is 340 g/mol. The third kappa shape index (κ3) is 4.59. The van der Waals surface area contributed by atoms with Crippen LogP contribution < -0.4 is 15.4 Å². The first-order chi connectivity index (χ1) is 10.7. The zero-order valence-corrected chi connectivity index (χ0v) is 14.5. The summed E-state index contributed by atoms with van der Waals surface area (Å²) >= 11 is 0. The largest absolute Gasteiger partial charge is 0.497 e. The minimum Gasteiger partial charge on any atom is -0.497 e. The van der Waals surface area contributed by atoms with E-state index in [0.717, 1.165) is 37.6 Å². The van der Waals surface area contributed by atoms with Crippen molar-refractivity contribution in [1.82, 2.24) is 10.2 Å². The van der Waals surface area contributed by atoms with Crippen molar-refractivity contribution in [1.29, 1.82) is 0 Å². The number of methoxy groups -OCH3 is 1. The predicted molar refractivity (Wildman–Crippen MR) is 94.5 cm³/mol. The number of anilines is 1. The Balaban J connectivity index is 0.00000192. The number of nitrogens with one attached hydrogen (secondary N) is 2. The molecule has 5 nitrogen and oxygen atoms in total. The highest BCUT2D eigenvalue weighted by Crippen LogP contribution is 2.38. The molecule has 0 aliphatic carbocycles. The van der Waals surface area contributed by atoms with Crippen LogP contribution in [-0.4, -0.2) is 50.6 Å². The van der Waals surface area contributed by atoms with Gasteiger partial charge in [0.15, 0.2) is 0 Å². The second-order valence-corrected chi connectivity index (χ2v) is 6.49. The number of hydrogen-bond acceptors (Lipinski definition) is 4. The fraction of sp³-hybridized carbons (Fsp3) is 0.588. The lowest BCUT2D eigenvalue weighted by Crippen LogP contribution is -2.40. The van der Waals surface area contributed by atoms with Crippen LogP contribution in [0.25, 0.3) is 0 Å². The van der Waals surface area contributed by atoms with E-state index >= 15 is 0 Å². The highest BCUT2D eigenvalue weighted by Gasteiger charge is 2.39. The molecule has 128 valence electrons. The summed E-state index contributed by atoms with van der Waals surface area (Å²) in [6, 6.07) is 7.45. The molecule has 2 heterocycles. The average Bonchev–Trinajstić information content (AvgIpc) is 2.90. The Bertz CT molecular complexity index is 515. The molecule has 6 heteroatoms. The van der Waals surface area contributed by atoms with E-state index in [4.69, 9.17) is 4.74 Å². The Morgan fingerprint density at radius 3 is 2.61 bits per heavy atom. The van der Waals surface area contributed by atoms with E-state index in [1.807, 2.05) is 24.3 Å². The molecule has 0 bridgehead atoms. The van der Waals surface area contributed by atoms with Gasteiger partial charge in [-0.05, 0) is 68.6 Å². The van der Waals surface area contributed by atoms with Crippen LogP contribution in [0.15, 0.2) is 24.3 Å². The van der Waals surface area contributed by atoms with Gasteiger partial charge in [-0.3, -0.25) is 9.69 Å². The quantitative estimate of drug-likeness (QED) is 0.882. The molecule has 0 unspecified atom stereocenters. The Kier molecular flexibility index (Phi) is 6.27. The molecule has 0 saturated carbocycles. The molecule has 0 radical (unpaired) electrons. The van der Waals surface area contributed by atoms with Gasteiger partial charge in [0, 0.05) is 12.2 Å². The van der Waals surface area contributed by atoms with Gasteiger partial charge in [0.2, 0.25) is 5.91 Å². The summed E-state index contributed by atoms with van der Waals surface area (Å²) in [6.45, 7) is 4.82. The van der Waals surface area contributed by atoms with E-state index in [-0.39, 0.29) is 18.3 Å². The van der Waals surface area contributed by atoms with Crippen molar-refractivity contribution in [3.63, 3.8) is 0 Å². The molecule has 0 aromatic heterocycles. The van der Waals surface area contributed by atoms with Gasteiger partial charge < -0.3 is 15.4 Å². The van der Waals surface area contributed by atoms with Crippen LogP contribution in [0, 0.1) is 5.41 Å². The van der Waals surface area contributed by atoms with Crippen molar-refractivity contribution in [2.75, 3.05) is 45.2 Å². The summed E-state index contributed by atoms with van der Waals surface area (Å²) < 4.78 is 5.12. The number of amides is 1. The van der Waals surface area contributed by atoms with Crippen molar-refractivity contribution in [2.45, 2.75) is 19.3 Å². The van der Waals surface area contributed by atoms with Crippen LogP contribution in [-0.2, 0) is 4.79 Å². The van der Waals surface area contributed by atoms with Crippen molar-refractivity contribution < 1.29 is 9.53 Å². The standard InChI is InChI=1S/C17H25N3O2.ClH/c1-22-15-4-2-14(3-5-15)19-16(21)12-20-11-8-17(13-20)6-9-18-10-7-17;/h2-5,18H,6-13H2,1H3,(H,19,21);1H. The molecule has 2 N–H and O–H groups in total. The second-order valence-electron chi connectivity index (χ2n) is 6.49. The van der Waals surface area contributed by atoms with E-state index in [9.17, 15) is 4.79 Å². The lowest BCUT2D eigenvalue weighted by atomic mass is 9.78. The molecule has 2 aliphatic heterocycles. The van der Waals surface area contributed by atoms with Gasteiger partial charge in [-0.2, -0.15) is 0 Å². The summed E-state index contributed by atoms with van der Waals surface area (Å²) in [5, 5.41) is 6.39. The molecular weight excluding hydrogens is 314 g/mol. The lowest BCUT2D eigenvalue weighted by Gasteiger charge is -2.33. The number of carbonyl (C=O) groups excluding carboxylic acids is 1. The van der Waals surface area contributed by atoms with Crippen LogP contribution in [0.5, 0.6) is 5.75 Å². The number of likely N-dealkylation sites (tertiary alicyclic amines) is 1. The molecule has 23 heavy (non-hydrogen) atoms. The fourth-order valence-electron chi connectivity index (χ4n) is 3.61. The van der Waals surface area contributed by atoms with Crippen LogP contribution in [0.4, 0.5) is 5.69 Å². The van der Waals surface area contributed by atoms with Gasteiger partial charge >= 0.3 is 0 Å². The molecule has 3 rings (SSSR count). The normalized spacial score (nSPS) is 20.0. The smallest absolute Gasteiger partial charge is 0.238 e. The third-order valence-corrected chi connectivity index (χ3v) is 4.92. The second kappa shape index (κ2) is 7.99. The van der Waals surface area contributed by atoms with Crippen molar-refractivity contribution in [3.05, 3.63) is 24.3 Å². The molecule has 0 atom stereocenters. The first kappa shape index (κ1) is 18.0.